The molecule has 0 amide bonds. The summed E-state index contributed by atoms with van der Waals surface area (Å²) in [5, 5.41) is 8.84. The van der Waals surface area contributed by atoms with Gasteiger partial charge in [0.1, 0.15) is 0 Å². The number of halogens is 1. The molecule has 0 fully saturated rings. The van der Waals surface area contributed by atoms with E-state index >= 15 is 0 Å². The van der Waals surface area contributed by atoms with E-state index in [2.05, 4.69) is 4.72 Å². The van der Waals surface area contributed by atoms with Crippen LogP contribution < -0.4 is 4.72 Å². The minimum Gasteiger partial charge on any atom is -0.478 e. The second-order valence-corrected chi connectivity index (χ2v) is 6.51. The van der Waals surface area contributed by atoms with Crippen molar-refractivity contribution >= 4 is 33.3 Å². The van der Waals surface area contributed by atoms with Crippen molar-refractivity contribution in [2.75, 3.05) is 4.72 Å². The summed E-state index contributed by atoms with van der Waals surface area (Å²) in [5.74, 6) is -1.17. The SMILES string of the molecule is Cc1cccc(S(=O)(=O)Nc2ccc(C(=O)O)c(Cl)c2)c1. The van der Waals surface area contributed by atoms with Gasteiger partial charge >= 0.3 is 5.97 Å². The Hall–Kier alpha value is -2.05. The lowest BCUT2D eigenvalue weighted by Crippen LogP contribution is -2.13. The highest BCUT2D eigenvalue weighted by molar-refractivity contribution is 7.92. The Labute approximate surface area is 127 Å². The van der Waals surface area contributed by atoms with Crippen LogP contribution in [0.3, 0.4) is 0 Å². The van der Waals surface area contributed by atoms with Gasteiger partial charge in [-0.05, 0) is 42.8 Å². The van der Waals surface area contributed by atoms with Gasteiger partial charge in [0.2, 0.25) is 0 Å². The molecule has 2 rings (SSSR count). The number of carboxylic acids is 1. The van der Waals surface area contributed by atoms with Crippen molar-refractivity contribution in [1.82, 2.24) is 0 Å². The maximum absolute atomic E-state index is 12.2. The third-order valence-corrected chi connectivity index (χ3v) is 4.44. The predicted octanol–water partition coefficient (Wildman–Crippen LogP) is 3.15. The second-order valence-electron chi connectivity index (χ2n) is 4.42. The number of hydrogen-bond donors (Lipinski definition) is 2. The van der Waals surface area contributed by atoms with E-state index in [1.165, 1.54) is 30.3 Å². The topological polar surface area (TPSA) is 83.5 Å². The number of aryl methyl sites for hydroxylation is 1. The fourth-order valence-electron chi connectivity index (χ4n) is 1.75. The molecule has 21 heavy (non-hydrogen) atoms. The first-order valence-electron chi connectivity index (χ1n) is 5.92. The zero-order valence-corrected chi connectivity index (χ0v) is 12.6. The number of hydrogen-bond acceptors (Lipinski definition) is 3. The molecule has 0 unspecified atom stereocenters. The van der Waals surface area contributed by atoms with Gasteiger partial charge in [-0.2, -0.15) is 0 Å². The van der Waals surface area contributed by atoms with Crippen LogP contribution >= 0.6 is 11.6 Å². The molecule has 2 N–H and O–H groups in total. The van der Waals surface area contributed by atoms with Crippen LogP contribution in [0.2, 0.25) is 5.02 Å². The van der Waals surface area contributed by atoms with E-state index in [0.29, 0.717) is 0 Å². The Balaban J connectivity index is 2.33. The molecule has 0 saturated heterocycles. The first-order valence-corrected chi connectivity index (χ1v) is 7.78. The molecule has 0 aliphatic heterocycles. The summed E-state index contributed by atoms with van der Waals surface area (Å²) in [7, 11) is -3.74. The summed E-state index contributed by atoms with van der Waals surface area (Å²) >= 11 is 5.81. The minimum atomic E-state index is -3.74. The van der Waals surface area contributed by atoms with Crippen LogP contribution in [0.25, 0.3) is 0 Å². The molecular formula is C14H12ClNO4S. The average molecular weight is 326 g/mol. The van der Waals surface area contributed by atoms with Crippen LogP contribution in [0, 0.1) is 6.92 Å². The molecule has 110 valence electrons. The van der Waals surface area contributed by atoms with Crippen LogP contribution in [-0.4, -0.2) is 19.5 Å². The van der Waals surface area contributed by atoms with Gasteiger partial charge in [-0.15, -0.1) is 0 Å². The van der Waals surface area contributed by atoms with Crippen LogP contribution in [0.5, 0.6) is 0 Å². The van der Waals surface area contributed by atoms with E-state index in [0.717, 1.165) is 5.56 Å². The van der Waals surface area contributed by atoms with Gasteiger partial charge in [-0.25, -0.2) is 13.2 Å². The van der Waals surface area contributed by atoms with Gasteiger partial charge in [0.05, 0.1) is 21.2 Å². The molecule has 2 aromatic carbocycles. The summed E-state index contributed by atoms with van der Waals surface area (Å²) in [5.41, 5.74) is 0.929. The van der Waals surface area contributed by atoms with Gasteiger partial charge in [0, 0.05) is 0 Å². The van der Waals surface area contributed by atoms with E-state index in [9.17, 15) is 13.2 Å². The van der Waals surface area contributed by atoms with Crippen LogP contribution in [-0.2, 0) is 10.0 Å². The van der Waals surface area contributed by atoms with Crippen molar-refractivity contribution in [3.05, 3.63) is 58.6 Å². The Bertz CT molecular complexity index is 802. The summed E-state index contributed by atoms with van der Waals surface area (Å²) in [6.07, 6.45) is 0. The van der Waals surface area contributed by atoms with Crippen molar-refractivity contribution in [1.29, 1.82) is 0 Å². The Morgan fingerprint density at radius 3 is 2.48 bits per heavy atom. The number of rotatable bonds is 4. The van der Waals surface area contributed by atoms with E-state index in [1.54, 1.807) is 19.1 Å². The molecule has 0 aliphatic rings. The molecule has 5 nitrogen and oxygen atoms in total. The zero-order valence-electron chi connectivity index (χ0n) is 11.0. The molecular weight excluding hydrogens is 314 g/mol. The van der Waals surface area contributed by atoms with Crippen molar-refractivity contribution < 1.29 is 18.3 Å². The summed E-state index contributed by atoms with van der Waals surface area (Å²) in [6, 6.07) is 10.3. The smallest absolute Gasteiger partial charge is 0.337 e. The molecule has 7 heteroatoms. The van der Waals surface area contributed by atoms with Crippen LogP contribution in [0.15, 0.2) is 47.4 Å². The van der Waals surface area contributed by atoms with Crippen molar-refractivity contribution in [2.45, 2.75) is 11.8 Å². The quantitative estimate of drug-likeness (QED) is 0.904. The summed E-state index contributed by atoms with van der Waals surface area (Å²) < 4.78 is 26.8. The average Bonchev–Trinajstić information content (AvgIpc) is 2.37. The van der Waals surface area contributed by atoms with E-state index in [-0.39, 0.29) is 21.2 Å². The van der Waals surface area contributed by atoms with Crippen molar-refractivity contribution in [3.63, 3.8) is 0 Å². The first kappa shape index (κ1) is 15.3. The third-order valence-electron chi connectivity index (χ3n) is 2.75. The largest absolute Gasteiger partial charge is 0.478 e. The lowest BCUT2D eigenvalue weighted by molar-refractivity contribution is 0.0697. The Morgan fingerprint density at radius 2 is 1.90 bits per heavy atom. The lowest BCUT2D eigenvalue weighted by atomic mass is 10.2. The monoisotopic (exact) mass is 325 g/mol. The van der Waals surface area contributed by atoms with Crippen molar-refractivity contribution in [3.8, 4) is 0 Å². The highest BCUT2D eigenvalue weighted by Crippen LogP contribution is 2.23. The molecule has 0 aliphatic carbocycles. The summed E-state index contributed by atoms with van der Waals surface area (Å²) in [4.78, 5) is 11.0. The lowest BCUT2D eigenvalue weighted by Gasteiger charge is -2.09. The van der Waals surface area contributed by atoms with Gasteiger partial charge in [0.15, 0.2) is 0 Å². The number of aromatic carboxylic acids is 1. The molecule has 0 bridgehead atoms. The van der Waals surface area contributed by atoms with Gasteiger partial charge < -0.3 is 5.11 Å². The Morgan fingerprint density at radius 1 is 1.19 bits per heavy atom. The predicted molar refractivity (Wildman–Crippen MR) is 80.4 cm³/mol. The highest BCUT2D eigenvalue weighted by Gasteiger charge is 2.16. The zero-order chi connectivity index (χ0) is 15.6. The maximum atomic E-state index is 12.2. The van der Waals surface area contributed by atoms with E-state index in [1.807, 2.05) is 0 Å². The molecule has 2 aromatic rings. The first-order chi connectivity index (χ1) is 9.79. The normalized spacial score (nSPS) is 11.1. The molecule has 0 aromatic heterocycles. The van der Waals surface area contributed by atoms with E-state index < -0.39 is 16.0 Å². The number of anilines is 1. The standard InChI is InChI=1S/C14H12ClNO4S/c1-9-3-2-4-11(7-9)21(19,20)16-10-5-6-12(14(17)18)13(15)8-10/h2-8,16H,1H3,(H,17,18). The van der Waals surface area contributed by atoms with Crippen LogP contribution in [0.4, 0.5) is 5.69 Å². The molecule has 0 radical (unpaired) electrons. The number of carboxylic acid groups (broad SMARTS) is 1. The molecule has 0 spiro atoms. The second kappa shape index (κ2) is 5.75. The van der Waals surface area contributed by atoms with Gasteiger partial charge in [-0.3, -0.25) is 4.72 Å². The number of nitrogens with one attached hydrogen (secondary N) is 1. The molecule has 0 heterocycles. The van der Waals surface area contributed by atoms with Gasteiger partial charge in [0.25, 0.3) is 10.0 Å². The third kappa shape index (κ3) is 3.53. The maximum Gasteiger partial charge on any atom is 0.337 e. The van der Waals surface area contributed by atoms with E-state index in [4.69, 9.17) is 16.7 Å². The molecule has 0 saturated carbocycles. The van der Waals surface area contributed by atoms with Gasteiger partial charge in [-0.1, -0.05) is 23.7 Å². The molecule has 0 atom stereocenters. The fourth-order valence-corrected chi connectivity index (χ4v) is 3.16. The number of carbonyl (C=O) groups is 1. The minimum absolute atomic E-state index is 0.0352. The van der Waals surface area contributed by atoms with Crippen LogP contribution in [0.1, 0.15) is 15.9 Å². The van der Waals surface area contributed by atoms with Crippen molar-refractivity contribution in [2.24, 2.45) is 0 Å². The highest BCUT2D eigenvalue weighted by atomic mass is 35.5. The fraction of sp³-hybridized carbons (Fsp3) is 0.0714. The Kier molecular flexibility index (Phi) is 4.20. The number of sulfonamides is 1. The number of benzene rings is 2. The summed E-state index contributed by atoms with van der Waals surface area (Å²) in [6.45, 7) is 1.79.